The number of ether oxygens (including phenoxy) is 1. The van der Waals surface area contributed by atoms with E-state index < -0.39 is 0 Å². The Morgan fingerprint density at radius 1 is 1.05 bits per heavy atom. The Labute approximate surface area is 229 Å². The first kappa shape index (κ1) is 29.2. The third-order valence-electron chi connectivity index (χ3n) is 5.96. The van der Waals surface area contributed by atoms with Crippen molar-refractivity contribution >= 4 is 50.8 Å². The number of methoxy groups -OCH3 is 1. The van der Waals surface area contributed by atoms with E-state index >= 15 is 0 Å². The van der Waals surface area contributed by atoms with E-state index in [1.165, 1.54) is 24.1 Å². The van der Waals surface area contributed by atoms with Crippen molar-refractivity contribution in [1.29, 1.82) is 0 Å². The number of nitrogens with two attached hydrogens (primary N) is 1. The van der Waals surface area contributed by atoms with Gasteiger partial charge in [-0.3, -0.25) is 15.1 Å². The highest BCUT2D eigenvalue weighted by Crippen LogP contribution is 2.32. The molecule has 3 aromatic rings. The highest BCUT2D eigenvalue weighted by atomic mass is 32.1. The van der Waals surface area contributed by atoms with Crippen LogP contribution in [0.3, 0.4) is 0 Å². The first-order chi connectivity index (χ1) is 18.5. The number of hydrogen-bond acceptors (Lipinski definition) is 11. The lowest BCUT2D eigenvalue weighted by atomic mass is 10.1. The topological polar surface area (TPSA) is 117 Å². The Balaban J connectivity index is 0.00000195. The number of piperazine rings is 1. The second-order valence-corrected chi connectivity index (χ2v) is 9.51. The number of nitrogens with zero attached hydrogens (tertiary/aromatic N) is 3. The van der Waals surface area contributed by atoms with Crippen LogP contribution in [0.25, 0.3) is 0 Å². The highest BCUT2D eigenvalue weighted by Gasteiger charge is 2.20. The number of rotatable bonds is 11. The largest absolute Gasteiger partial charge is 0.383 e. The molecular weight excluding hydrogens is 502 g/mol. The predicted octanol–water partition coefficient (Wildman–Crippen LogP) is 4.51. The first-order valence-corrected chi connectivity index (χ1v) is 13.6. The molecule has 206 valence electrons. The summed E-state index contributed by atoms with van der Waals surface area (Å²) in [4.78, 5) is 27.8. The summed E-state index contributed by atoms with van der Waals surface area (Å²) < 4.78 is 5.08. The van der Waals surface area contributed by atoms with Gasteiger partial charge in [0, 0.05) is 56.8 Å². The quantitative estimate of drug-likeness (QED) is 0.157. The molecule has 2 aromatic carbocycles. The lowest BCUT2D eigenvalue weighted by Crippen LogP contribution is -2.44. The number of anilines is 6. The van der Waals surface area contributed by atoms with Crippen molar-refractivity contribution in [3.8, 4) is 0 Å². The standard InChI is InChI=1S/C25H33N7O3S.C2H6/c1-31-11-13-32(14-12-31)19-7-5-18(6-8-19)28-25-29-24(26)23(36-25)22(33)17-4-9-20(27-10-15-34-2)21(16-17)30-35-3;1-2/h4-9,16,27,30H,10-15,26H2,1-3H3,(H,28,29);1-2H3. The van der Waals surface area contributed by atoms with Crippen molar-refractivity contribution in [3.63, 3.8) is 0 Å². The van der Waals surface area contributed by atoms with Crippen LogP contribution in [-0.2, 0) is 9.57 Å². The number of thiazole rings is 1. The normalized spacial score (nSPS) is 13.4. The molecule has 0 aliphatic carbocycles. The fourth-order valence-electron chi connectivity index (χ4n) is 3.94. The summed E-state index contributed by atoms with van der Waals surface area (Å²) in [5.41, 5.74) is 12.9. The third-order valence-corrected chi connectivity index (χ3v) is 6.95. The molecular formula is C27H39N7O3S. The Kier molecular flexibility index (Phi) is 11.2. The van der Waals surface area contributed by atoms with E-state index in [2.05, 4.69) is 50.1 Å². The van der Waals surface area contributed by atoms with Crippen LogP contribution in [0.4, 0.5) is 33.7 Å². The molecule has 1 aromatic heterocycles. The molecule has 10 nitrogen and oxygen atoms in total. The summed E-state index contributed by atoms with van der Waals surface area (Å²) >= 11 is 1.23. The molecule has 0 radical (unpaired) electrons. The van der Waals surface area contributed by atoms with Crippen LogP contribution in [0.15, 0.2) is 42.5 Å². The van der Waals surface area contributed by atoms with Crippen molar-refractivity contribution < 1.29 is 14.4 Å². The molecule has 5 N–H and O–H groups in total. The van der Waals surface area contributed by atoms with E-state index in [4.69, 9.17) is 15.3 Å². The molecule has 4 rings (SSSR count). The highest BCUT2D eigenvalue weighted by molar-refractivity contribution is 7.18. The maximum Gasteiger partial charge on any atom is 0.206 e. The second kappa shape index (κ2) is 14.5. The van der Waals surface area contributed by atoms with Crippen LogP contribution in [0.5, 0.6) is 0 Å². The van der Waals surface area contributed by atoms with Crippen molar-refractivity contribution in [3.05, 3.63) is 52.9 Å². The Bertz CT molecular complexity index is 1160. The molecule has 1 aliphatic heterocycles. The summed E-state index contributed by atoms with van der Waals surface area (Å²) in [7, 11) is 5.31. The minimum Gasteiger partial charge on any atom is -0.383 e. The van der Waals surface area contributed by atoms with Gasteiger partial charge in [0.25, 0.3) is 0 Å². The van der Waals surface area contributed by atoms with Gasteiger partial charge in [-0.05, 0) is 49.5 Å². The Hall–Kier alpha value is -3.38. The number of nitrogen functional groups attached to an aromatic ring is 1. The van der Waals surface area contributed by atoms with Crippen LogP contribution in [-0.4, -0.2) is 76.3 Å². The van der Waals surface area contributed by atoms with E-state index in [0.717, 1.165) is 37.6 Å². The van der Waals surface area contributed by atoms with Gasteiger partial charge >= 0.3 is 0 Å². The molecule has 38 heavy (non-hydrogen) atoms. The molecule has 1 saturated heterocycles. The summed E-state index contributed by atoms with van der Waals surface area (Å²) in [5.74, 6) is -0.00355. The van der Waals surface area contributed by atoms with Gasteiger partial charge in [0.05, 0.1) is 25.1 Å². The van der Waals surface area contributed by atoms with Crippen molar-refractivity contribution in [2.45, 2.75) is 13.8 Å². The van der Waals surface area contributed by atoms with E-state index in [-0.39, 0.29) is 11.6 Å². The zero-order valence-electron chi connectivity index (χ0n) is 22.8. The van der Waals surface area contributed by atoms with Gasteiger partial charge in [0.15, 0.2) is 5.13 Å². The summed E-state index contributed by atoms with van der Waals surface area (Å²) in [6.45, 7) is 9.33. The number of carbonyl (C=O) groups excluding carboxylic acids is 1. The molecule has 0 amide bonds. The summed E-state index contributed by atoms with van der Waals surface area (Å²) in [6, 6.07) is 13.5. The smallest absolute Gasteiger partial charge is 0.206 e. The van der Waals surface area contributed by atoms with Crippen molar-refractivity contribution in [1.82, 2.24) is 9.88 Å². The molecule has 1 aliphatic rings. The summed E-state index contributed by atoms with van der Waals surface area (Å²) in [5, 5.41) is 7.08. The molecule has 0 unspecified atom stereocenters. The van der Waals surface area contributed by atoms with Crippen LogP contribution < -0.4 is 26.7 Å². The number of hydrogen-bond donors (Lipinski definition) is 4. The zero-order chi connectivity index (χ0) is 27.5. The number of benzene rings is 2. The number of ketones is 1. The average molecular weight is 542 g/mol. The fraction of sp³-hybridized carbons (Fsp3) is 0.407. The van der Waals surface area contributed by atoms with E-state index in [9.17, 15) is 4.79 Å². The van der Waals surface area contributed by atoms with Crippen molar-refractivity contribution in [2.75, 3.05) is 87.3 Å². The second-order valence-electron chi connectivity index (χ2n) is 8.51. The third kappa shape index (κ3) is 7.57. The molecule has 0 atom stereocenters. The van der Waals surface area contributed by atoms with Gasteiger partial charge in [0.2, 0.25) is 5.78 Å². The Morgan fingerprint density at radius 3 is 2.42 bits per heavy atom. The molecule has 0 spiro atoms. The van der Waals surface area contributed by atoms with E-state index in [1.807, 2.05) is 32.0 Å². The van der Waals surface area contributed by atoms with Gasteiger partial charge in [0.1, 0.15) is 10.7 Å². The number of likely N-dealkylation sites (N-methyl/N-ethyl adjacent to an activating group) is 1. The molecule has 11 heteroatoms. The molecule has 0 bridgehead atoms. The Morgan fingerprint density at radius 2 is 1.76 bits per heavy atom. The zero-order valence-corrected chi connectivity index (χ0v) is 23.7. The maximum atomic E-state index is 13.2. The van der Waals surface area contributed by atoms with Crippen molar-refractivity contribution in [2.24, 2.45) is 0 Å². The first-order valence-electron chi connectivity index (χ1n) is 12.8. The monoisotopic (exact) mass is 541 g/mol. The molecule has 2 heterocycles. The number of nitrogens with one attached hydrogen (secondary N) is 3. The fourth-order valence-corrected chi connectivity index (χ4v) is 4.81. The van der Waals surface area contributed by atoms with Gasteiger partial charge < -0.3 is 30.9 Å². The minimum absolute atomic E-state index is 0.199. The molecule has 1 fully saturated rings. The minimum atomic E-state index is -0.203. The van der Waals surface area contributed by atoms with Crippen LogP contribution in [0, 0.1) is 0 Å². The number of carbonyl (C=O) groups is 1. The number of aromatic nitrogens is 1. The van der Waals surface area contributed by atoms with E-state index in [1.54, 1.807) is 19.2 Å². The molecule has 0 saturated carbocycles. The van der Waals surface area contributed by atoms with Crippen LogP contribution in [0.2, 0.25) is 0 Å². The van der Waals surface area contributed by atoms with Crippen LogP contribution >= 0.6 is 11.3 Å². The van der Waals surface area contributed by atoms with Gasteiger partial charge in [-0.1, -0.05) is 25.2 Å². The van der Waals surface area contributed by atoms with E-state index in [0.29, 0.717) is 34.4 Å². The van der Waals surface area contributed by atoms with Gasteiger partial charge in [-0.15, -0.1) is 0 Å². The maximum absolute atomic E-state index is 13.2. The summed E-state index contributed by atoms with van der Waals surface area (Å²) in [6.07, 6.45) is 0. The predicted molar refractivity (Wildman–Crippen MR) is 158 cm³/mol. The average Bonchev–Trinajstić information content (AvgIpc) is 3.31. The van der Waals surface area contributed by atoms with Crippen LogP contribution in [0.1, 0.15) is 29.1 Å². The lowest BCUT2D eigenvalue weighted by molar-refractivity contribution is 0.104. The van der Waals surface area contributed by atoms with Gasteiger partial charge in [-0.2, -0.15) is 0 Å². The lowest BCUT2D eigenvalue weighted by Gasteiger charge is -2.34. The van der Waals surface area contributed by atoms with Gasteiger partial charge in [-0.25, -0.2) is 4.98 Å². The SMILES string of the molecule is CC.COCCNc1ccc(C(=O)c2sc(Nc3ccc(N4CCN(C)CC4)cc3)nc2N)cc1NOC.